The predicted octanol–water partition coefficient (Wildman–Crippen LogP) is 3.47. The number of benzene rings is 2. The van der Waals surface area contributed by atoms with Gasteiger partial charge in [0.1, 0.15) is 0 Å². The zero-order chi connectivity index (χ0) is 20.2. The van der Waals surface area contributed by atoms with Gasteiger partial charge in [0.15, 0.2) is 5.65 Å². The van der Waals surface area contributed by atoms with Crippen molar-refractivity contribution in [1.29, 1.82) is 0 Å². The minimum absolute atomic E-state index is 0.0581. The Balaban J connectivity index is 2.24. The van der Waals surface area contributed by atoms with E-state index in [2.05, 4.69) is 4.98 Å². The van der Waals surface area contributed by atoms with E-state index in [1.807, 2.05) is 6.07 Å². The standard InChI is InChI=1S/C20H14F3N3O2/c1-25-17-15(18(27)26(2)19(25)28)16(20(21,22)23)13-10-12(8-9-14(13)24-17)11-6-4-3-5-7-11/h3-10H,1-2H3. The Labute approximate surface area is 156 Å². The summed E-state index contributed by atoms with van der Waals surface area (Å²) in [6, 6.07) is 13.5. The molecular formula is C20H14F3N3O2. The molecule has 0 N–H and O–H groups in total. The van der Waals surface area contributed by atoms with Crippen LogP contribution in [0.5, 0.6) is 0 Å². The van der Waals surface area contributed by atoms with E-state index in [0.717, 1.165) is 17.2 Å². The zero-order valence-corrected chi connectivity index (χ0v) is 14.9. The summed E-state index contributed by atoms with van der Waals surface area (Å²) in [5.74, 6) is 0. The number of halogens is 3. The molecule has 142 valence electrons. The molecule has 0 saturated carbocycles. The summed E-state index contributed by atoms with van der Waals surface area (Å²) in [7, 11) is 2.44. The first-order valence-corrected chi connectivity index (χ1v) is 8.36. The Morgan fingerprint density at radius 2 is 1.57 bits per heavy atom. The van der Waals surface area contributed by atoms with Gasteiger partial charge in [0.25, 0.3) is 5.56 Å². The Morgan fingerprint density at radius 3 is 2.21 bits per heavy atom. The number of hydrogen-bond donors (Lipinski definition) is 0. The minimum Gasteiger partial charge on any atom is -0.280 e. The maximum absolute atomic E-state index is 14.1. The molecule has 0 amide bonds. The van der Waals surface area contributed by atoms with Crippen LogP contribution in [0.2, 0.25) is 0 Å². The van der Waals surface area contributed by atoms with Gasteiger partial charge in [-0.1, -0.05) is 36.4 Å². The maximum Gasteiger partial charge on any atom is 0.417 e. The number of pyridine rings is 1. The van der Waals surface area contributed by atoms with Crippen LogP contribution in [0, 0.1) is 0 Å². The molecular weight excluding hydrogens is 371 g/mol. The molecule has 0 aliphatic rings. The lowest BCUT2D eigenvalue weighted by Crippen LogP contribution is -2.38. The van der Waals surface area contributed by atoms with Crippen molar-refractivity contribution in [2.24, 2.45) is 14.1 Å². The number of hydrogen-bond acceptors (Lipinski definition) is 3. The fraction of sp³-hybridized carbons (Fsp3) is 0.150. The van der Waals surface area contributed by atoms with E-state index in [1.165, 1.54) is 19.2 Å². The van der Waals surface area contributed by atoms with Crippen LogP contribution >= 0.6 is 0 Å². The van der Waals surface area contributed by atoms with Crippen LogP contribution in [-0.4, -0.2) is 14.1 Å². The molecule has 0 atom stereocenters. The fourth-order valence-corrected chi connectivity index (χ4v) is 3.37. The molecule has 2 aromatic carbocycles. The maximum atomic E-state index is 14.1. The number of nitrogens with zero attached hydrogens (tertiary/aromatic N) is 3. The smallest absolute Gasteiger partial charge is 0.280 e. The minimum atomic E-state index is -4.81. The molecule has 4 aromatic rings. The third kappa shape index (κ3) is 2.60. The normalized spacial score (nSPS) is 12.0. The third-order valence-electron chi connectivity index (χ3n) is 4.77. The van der Waals surface area contributed by atoms with E-state index >= 15 is 0 Å². The molecule has 4 rings (SSSR count). The van der Waals surface area contributed by atoms with Crippen LogP contribution < -0.4 is 11.2 Å². The van der Waals surface area contributed by atoms with Gasteiger partial charge >= 0.3 is 11.9 Å². The molecule has 0 aliphatic carbocycles. The van der Waals surface area contributed by atoms with Crippen LogP contribution in [-0.2, 0) is 20.3 Å². The summed E-state index contributed by atoms with van der Waals surface area (Å²) in [6.07, 6.45) is -4.81. The average Bonchev–Trinajstić information content (AvgIpc) is 2.68. The molecule has 2 aromatic heterocycles. The van der Waals surface area contributed by atoms with E-state index in [0.29, 0.717) is 10.1 Å². The molecule has 0 unspecified atom stereocenters. The number of fused-ring (bicyclic) bond motifs is 2. The zero-order valence-electron chi connectivity index (χ0n) is 14.9. The highest BCUT2D eigenvalue weighted by molar-refractivity contribution is 5.98. The Hall–Kier alpha value is -3.42. The summed E-state index contributed by atoms with van der Waals surface area (Å²) >= 11 is 0. The number of aryl methyl sites for hydroxylation is 1. The lowest BCUT2D eigenvalue weighted by Gasteiger charge is -2.16. The van der Waals surface area contributed by atoms with Crippen molar-refractivity contribution in [2.45, 2.75) is 6.18 Å². The monoisotopic (exact) mass is 385 g/mol. The molecule has 0 saturated heterocycles. The summed E-state index contributed by atoms with van der Waals surface area (Å²) in [5.41, 5.74) is -1.76. The lowest BCUT2D eigenvalue weighted by atomic mass is 9.99. The molecule has 5 nitrogen and oxygen atoms in total. The van der Waals surface area contributed by atoms with Crippen molar-refractivity contribution < 1.29 is 13.2 Å². The average molecular weight is 385 g/mol. The van der Waals surface area contributed by atoms with Gasteiger partial charge < -0.3 is 0 Å². The van der Waals surface area contributed by atoms with Crippen molar-refractivity contribution in [3.63, 3.8) is 0 Å². The van der Waals surface area contributed by atoms with Crippen molar-refractivity contribution in [3.8, 4) is 11.1 Å². The number of alkyl halides is 3. The van der Waals surface area contributed by atoms with Crippen LogP contribution in [0.1, 0.15) is 5.56 Å². The quantitative estimate of drug-likeness (QED) is 0.472. The second kappa shape index (κ2) is 6.05. The van der Waals surface area contributed by atoms with Gasteiger partial charge in [-0.15, -0.1) is 0 Å². The topological polar surface area (TPSA) is 56.9 Å². The van der Waals surface area contributed by atoms with Crippen molar-refractivity contribution in [3.05, 3.63) is 74.9 Å². The van der Waals surface area contributed by atoms with Crippen LogP contribution in [0.15, 0.2) is 58.1 Å². The Morgan fingerprint density at radius 1 is 0.893 bits per heavy atom. The van der Waals surface area contributed by atoms with Crippen molar-refractivity contribution >= 4 is 21.9 Å². The highest BCUT2D eigenvalue weighted by Gasteiger charge is 2.37. The summed E-state index contributed by atoms with van der Waals surface area (Å²) in [6.45, 7) is 0. The lowest BCUT2D eigenvalue weighted by molar-refractivity contribution is -0.135. The highest BCUT2D eigenvalue weighted by Crippen LogP contribution is 2.39. The fourth-order valence-electron chi connectivity index (χ4n) is 3.37. The van der Waals surface area contributed by atoms with Crippen LogP contribution in [0.3, 0.4) is 0 Å². The molecule has 28 heavy (non-hydrogen) atoms. The molecule has 0 fully saturated rings. The Bertz CT molecular complexity index is 1350. The SMILES string of the molecule is Cn1c(=O)c2c(C(F)(F)F)c3cc(-c4ccccc4)ccc3nc2n(C)c1=O. The van der Waals surface area contributed by atoms with Crippen LogP contribution in [0.25, 0.3) is 33.1 Å². The molecule has 8 heteroatoms. The van der Waals surface area contributed by atoms with Gasteiger partial charge in [0.2, 0.25) is 0 Å². The first kappa shape index (κ1) is 18.0. The summed E-state index contributed by atoms with van der Waals surface area (Å²) < 4.78 is 43.8. The van der Waals surface area contributed by atoms with Gasteiger partial charge in [-0.3, -0.25) is 13.9 Å². The van der Waals surface area contributed by atoms with Gasteiger partial charge in [-0.2, -0.15) is 13.2 Å². The second-order valence-corrected chi connectivity index (χ2v) is 6.49. The molecule has 0 spiro atoms. The molecule has 0 radical (unpaired) electrons. The van der Waals surface area contributed by atoms with Gasteiger partial charge in [0.05, 0.1) is 16.5 Å². The predicted molar refractivity (Wildman–Crippen MR) is 100 cm³/mol. The van der Waals surface area contributed by atoms with E-state index in [9.17, 15) is 22.8 Å². The van der Waals surface area contributed by atoms with Gasteiger partial charge in [0, 0.05) is 19.5 Å². The number of aromatic nitrogens is 3. The number of rotatable bonds is 1. The van der Waals surface area contributed by atoms with Crippen molar-refractivity contribution in [1.82, 2.24) is 14.1 Å². The third-order valence-corrected chi connectivity index (χ3v) is 4.77. The largest absolute Gasteiger partial charge is 0.417 e. The van der Waals surface area contributed by atoms with E-state index in [-0.39, 0.29) is 16.6 Å². The van der Waals surface area contributed by atoms with Crippen LogP contribution in [0.4, 0.5) is 13.2 Å². The first-order valence-electron chi connectivity index (χ1n) is 8.36. The van der Waals surface area contributed by atoms with E-state index in [1.54, 1.807) is 30.3 Å². The summed E-state index contributed by atoms with van der Waals surface area (Å²) in [5, 5.41) is -0.799. The molecule has 2 heterocycles. The van der Waals surface area contributed by atoms with Gasteiger partial charge in [-0.25, -0.2) is 9.78 Å². The molecule has 0 bridgehead atoms. The van der Waals surface area contributed by atoms with Gasteiger partial charge in [-0.05, 0) is 23.3 Å². The summed E-state index contributed by atoms with van der Waals surface area (Å²) in [4.78, 5) is 28.9. The first-order chi connectivity index (χ1) is 13.2. The Kier molecular flexibility index (Phi) is 3.88. The second-order valence-electron chi connectivity index (χ2n) is 6.49. The molecule has 0 aliphatic heterocycles. The van der Waals surface area contributed by atoms with E-state index < -0.39 is 28.4 Å². The highest BCUT2D eigenvalue weighted by atomic mass is 19.4. The van der Waals surface area contributed by atoms with Crippen molar-refractivity contribution in [2.75, 3.05) is 0 Å². The van der Waals surface area contributed by atoms with E-state index in [4.69, 9.17) is 0 Å².